The number of thioether (sulfide) groups is 1. The molecule has 2 aromatic rings. The Balaban J connectivity index is 2.18. The van der Waals surface area contributed by atoms with Gasteiger partial charge in [0, 0.05) is 6.20 Å². The standard InChI is InChI=1S/C16H18N2OS/c1-11-7-4-5-8-13(11)12(2)18-15(19)14-9-6-10-17-16(14)20-3/h4-10,12H,1-3H3,(H,18,19). The summed E-state index contributed by atoms with van der Waals surface area (Å²) >= 11 is 1.48. The van der Waals surface area contributed by atoms with Crippen LogP contribution in [0.3, 0.4) is 0 Å². The lowest BCUT2D eigenvalue weighted by molar-refractivity contribution is 0.0936. The van der Waals surface area contributed by atoms with Crippen molar-refractivity contribution in [2.45, 2.75) is 24.9 Å². The Morgan fingerprint density at radius 1 is 1.25 bits per heavy atom. The molecule has 20 heavy (non-hydrogen) atoms. The number of carbonyl (C=O) groups is 1. The van der Waals surface area contributed by atoms with E-state index in [1.807, 2.05) is 31.4 Å². The van der Waals surface area contributed by atoms with Crippen LogP contribution in [-0.4, -0.2) is 17.1 Å². The van der Waals surface area contributed by atoms with Crippen molar-refractivity contribution >= 4 is 17.7 Å². The van der Waals surface area contributed by atoms with Gasteiger partial charge in [0.2, 0.25) is 0 Å². The summed E-state index contributed by atoms with van der Waals surface area (Å²) in [6.45, 7) is 4.05. The summed E-state index contributed by atoms with van der Waals surface area (Å²) < 4.78 is 0. The van der Waals surface area contributed by atoms with Crippen LogP contribution in [0.2, 0.25) is 0 Å². The van der Waals surface area contributed by atoms with Gasteiger partial charge in [-0.2, -0.15) is 0 Å². The zero-order valence-electron chi connectivity index (χ0n) is 11.9. The summed E-state index contributed by atoms with van der Waals surface area (Å²) in [7, 11) is 0. The Bertz CT molecular complexity index is 613. The average molecular weight is 286 g/mol. The number of aryl methyl sites for hydroxylation is 1. The van der Waals surface area contributed by atoms with Crippen molar-refractivity contribution in [2.75, 3.05) is 6.26 Å². The van der Waals surface area contributed by atoms with Crippen molar-refractivity contribution in [3.8, 4) is 0 Å². The van der Waals surface area contributed by atoms with Crippen LogP contribution in [0.1, 0.15) is 34.5 Å². The highest BCUT2D eigenvalue weighted by atomic mass is 32.2. The van der Waals surface area contributed by atoms with E-state index < -0.39 is 0 Å². The summed E-state index contributed by atoms with van der Waals surface area (Å²) in [6, 6.07) is 11.6. The summed E-state index contributed by atoms with van der Waals surface area (Å²) in [6.07, 6.45) is 3.62. The minimum absolute atomic E-state index is 0.0291. The topological polar surface area (TPSA) is 42.0 Å². The average Bonchev–Trinajstić information content (AvgIpc) is 2.47. The zero-order valence-corrected chi connectivity index (χ0v) is 12.7. The number of benzene rings is 1. The van der Waals surface area contributed by atoms with Crippen LogP contribution in [-0.2, 0) is 0 Å². The van der Waals surface area contributed by atoms with E-state index in [0.29, 0.717) is 5.56 Å². The first kappa shape index (κ1) is 14.6. The Kier molecular flexibility index (Phi) is 4.79. The molecule has 0 aliphatic heterocycles. The van der Waals surface area contributed by atoms with Crippen molar-refractivity contribution in [3.63, 3.8) is 0 Å². The summed E-state index contributed by atoms with van der Waals surface area (Å²) in [4.78, 5) is 16.6. The maximum absolute atomic E-state index is 12.4. The molecule has 1 aromatic carbocycles. The molecule has 1 unspecified atom stereocenters. The quantitative estimate of drug-likeness (QED) is 0.873. The Hall–Kier alpha value is -1.81. The maximum atomic E-state index is 12.4. The number of rotatable bonds is 4. The van der Waals surface area contributed by atoms with Gasteiger partial charge in [0.15, 0.2) is 0 Å². The second kappa shape index (κ2) is 6.57. The molecule has 0 saturated heterocycles. The van der Waals surface area contributed by atoms with Gasteiger partial charge in [-0.15, -0.1) is 11.8 Å². The zero-order chi connectivity index (χ0) is 14.5. The molecule has 3 nitrogen and oxygen atoms in total. The maximum Gasteiger partial charge on any atom is 0.254 e. The smallest absolute Gasteiger partial charge is 0.254 e. The molecule has 0 aliphatic carbocycles. The van der Waals surface area contributed by atoms with Crippen LogP contribution < -0.4 is 5.32 Å². The van der Waals surface area contributed by atoms with Gasteiger partial charge in [-0.3, -0.25) is 4.79 Å². The number of nitrogens with zero attached hydrogens (tertiary/aromatic N) is 1. The Morgan fingerprint density at radius 3 is 2.70 bits per heavy atom. The number of carbonyl (C=O) groups excluding carboxylic acids is 1. The first-order valence-electron chi connectivity index (χ1n) is 6.49. The van der Waals surface area contributed by atoms with Gasteiger partial charge in [-0.25, -0.2) is 4.98 Å². The van der Waals surface area contributed by atoms with E-state index in [2.05, 4.69) is 23.3 Å². The van der Waals surface area contributed by atoms with Crippen molar-refractivity contribution in [3.05, 3.63) is 59.3 Å². The molecule has 4 heteroatoms. The van der Waals surface area contributed by atoms with E-state index in [0.717, 1.165) is 10.6 Å². The molecule has 1 N–H and O–H groups in total. The third-order valence-electron chi connectivity index (χ3n) is 3.21. The summed E-state index contributed by atoms with van der Waals surface area (Å²) in [5, 5.41) is 3.79. The van der Waals surface area contributed by atoms with Crippen molar-refractivity contribution in [2.24, 2.45) is 0 Å². The lowest BCUT2D eigenvalue weighted by Gasteiger charge is -2.17. The number of hydrogen-bond donors (Lipinski definition) is 1. The van der Waals surface area contributed by atoms with Gasteiger partial charge < -0.3 is 5.32 Å². The van der Waals surface area contributed by atoms with Crippen molar-refractivity contribution in [1.29, 1.82) is 0 Å². The van der Waals surface area contributed by atoms with Gasteiger partial charge in [-0.1, -0.05) is 24.3 Å². The minimum atomic E-state index is -0.0850. The predicted molar refractivity (Wildman–Crippen MR) is 83.1 cm³/mol. The van der Waals surface area contributed by atoms with Crippen molar-refractivity contribution < 1.29 is 4.79 Å². The fourth-order valence-corrected chi connectivity index (χ4v) is 2.70. The van der Waals surface area contributed by atoms with Crippen LogP contribution in [0.25, 0.3) is 0 Å². The monoisotopic (exact) mass is 286 g/mol. The van der Waals surface area contributed by atoms with Crippen LogP contribution in [0.15, 0.2) is 47.6 Å². The molecule has 1 amide bonds. The first-order chi connectivity index (χ1) is 9.63. The molecule has 104 valence electrons. The fraction of sp³-hybridized carbons (Fsp3) is 0.250. The van der Waals surface area contributed by atoms with E-state index >= 15 is 0 Å². The number of hydrogen-bond acceptors (Lipinski definition) is 3. The van der Waals surface area contributed by atoms with Gasteiger partial charge in [0.1, 0.15) is 5.03 Å². The molecule has 1 atom stereocenters. The third-order valence-corrected chi connectivity index (χ3v) is 3.92. The second-order valence-electron chi connectivity index (χ2n) is 4.61. The van der Waals surface area contributed by atoms with Crippen LogP contribution in [0.4, 0.5) is 0 Å². The summed E-state index contributed by atoms with van der Waals surface area (Å²) in [5.74, 6) is -0.0850. The molecule has 0 bridgehead atoms. The van der Waals surface area contributed by atoms with Crippen molar-refractivity contribution in [1.82, 2.24) is 10.3 Å². The number of pyridine rings is 1. The molecule has 0 fully saturated rings. The predicted octanol–water partition coefficient (Wildman–Crippen LogP) is 3.60. The van der Waals surface area contributed by atoms with E-state index in [4.69, 9.17) is 0 Å². The third kappa shape index (κ3) is 3.20. The SMILES string of the molecule is CSc1ncccc1C(=O)NC(C)c1ccccc1C. The number of aromatic nitrogens is 1. The molecular weight excluding hydrogens is 268 g/mol. The highest BCUT2D eigenvalue weighted by molar-refractivity contribution is 7.98. The Morgan fingerprint density at radius 2 is 2.00 bits per heavy atom. The van der Waals surface area contributed by atoms with Gasteiger partial charge in [-0.05, 0) is 43.4 Å². The second-order valence-corrected chi connectivity index (χ2v) is 5.41. The molecule has 1 heterocycles. The lowest BCUT2D eigenvalue weighted by Crippen LogP contribution is -2.27. The molecule has 1 aromatic heterocycles. The largest absolute Gasteiger partial charge is 0.345 e. The van der Waals surface area contributed by atoms with Crippen LogP contribution in [0.5, 0.6) is 0 Å². The highest BCUT2D eigenvalue weighted by Gasteiger charge is 2.15. The minimum Gasteiger partial charge on any atom is -0.345 e. The lowest BCUT2D eigenvalue weighted by atomic mass is 10.0. The fourth-order valence-electron chi connectivity index (χ4n) is 2.15. The van der Waals surface area contributed by atoms with Gasteiger partial charge >= 0.3 is 0 Å². The first-order valence-corrected chi connectivity index (χ1v) is 7.71. The molecule has 0 aliphatic rings. The van der Waals surface area contributed by atoms with Gasteiger partial charge in [0.05, 0.1) is 11.6 Å². The molecule has 0 radical (unpaired) electrons. The normalized spacial score (nSPS) is 11.9. The van der Waals surface area contributed by atoms with Crippen LogP contribution in [0, 0.1) is 6.92 Å². The number of nitrogens with one attached hydrogen (secondary N) is 1. The number of amides is 1. The molecule has 0 saturated carbocycles. The highest BCUT2D eigenvalue weighted by Crippen LogP contribution is 2.20. The molecular formula is C16H18N2OS. The van der Waals surface area contributed by atoms with E-state index in [1.165, 1.54) is 17.3 Å². The van der Waals surface area contributed by atoms with Gasteiger partial charge in [0.25, 0.3) is 5.91 Å². The summed E-state index contributed by atoms with van der Waals surface area (Å²) in [5.41, 5.74) is 2.94. The van der Waals surface area contributed by atoms with E-state index in [9.17, 15) is 4.79 Å². The Labute approximate surface area is 123 Å². The molecule has 0 spiro atoms. The van der Waals surface area contributed by atoms with E-state index in [-0.39, 0.29) is 11.9 Å². The van der Waals surface area contributed by atoms with E-state index in [1.54, 1.807) is 18.3 Å². The molecule has 2 rings (SSSR count). The van der Waals surface area contributed by atoms with Crippen LogP contribution >= 0.6 is 11.8 Å².